The number of aromatic amines is 1. The molecule has 0 radical (unpaired) electrons. The molecule has 1 saturated heterocycles. The Balaban J connectivity index is 1.40. The zero-order valence-corrected chi connectivity index (χ0v) is 14.7. The number of anilines is 1. The molecule has 0 saturated carbocycles. The maximum atomic E-state index is 13.3. The van der Waals surface area contributed by atoms with Crippen LogP contribution in [0.25, 0.3) is 0 Å². The van der Waals surface area contributed by atoms with Crippen molar-refractivity contribution in [2.45, 2.75) is 25.8 Å². The Kier molecular flexibility index (Phi) is 4.44. The number of hydrogen-bond donors (Lipinski definition) is 1. The van der Waals surface area contributed by atoms with E-state index in [1.807, 2.05) is 11.0 Å². The van der Waals surface area contributed by atoms with Gasteiger partial charge in [0.05, 0.1) is 23.4 Å². The van der Waals surface area contributed by atoms with Gasteiger partial charge in [-0.3, -0.25) is 9.59 Å². The quantitative estimate of drug-likeness (QED) is 0.870. The van der Waals surface area contributed by atoms with Crippen molar-refractivity contribution in [3.05, 3.63) is 51.3 Å². The number of benzene rings is 1. The van der Waals surface area contributed by atoms with Crippen molar-refractivity contribution in [1.82, 2.24) is 10.1 Å². The second-order valence-corrected chi connectivity index (χ2v) is 6.98. The molecule has 8 heteroatoms. The molecule has 1 aromatic carbocycles. The molecular weight excluding hydrogens is 351 g/mol. The summed E-state index contributed by atoms with van der Waals surface area (Å²) in [5.41, 5.74) is 1.44. The Labute approximate surface area is 154 Å². The fraction of sp³-hybridized carbons (Fsp3) is 0.421. The average molecular weight is 370 g/mol. The van der Waals surface area contributed by atoms with Crippen LogP contribution in [0.5, 0.6) is 0 Å². The van der Waals surface area contributed by atoms with Gasteiger partial charge in [0.25, 0.3) is 5.56 Å². The number of rotatable bonds is 2. The van der Waals surface area contributed by atoms with E-state index in [0.717, 1.165) is 0 Å². The molecule has 1 fully saturated rings. The monoisotopic (exact) mass is 370 g/mol. The van der Waals surface area contributed by atoms with E-state index in [1.54, 1.807) is 11.0 Å². The molecule has 0 atom stereocenters. The summed E-state index contributed by atoms with van der Waals surface area (Å²) in [6, 6.07) is 6.25. The maximum absolute atomic E-state index is 13.3. The molecule has 1 amide bonds. The molecule has 140 valence electrons. The van der Waals surface area contributed by atoms with Crippen LogP contribution in [0, 0.1) is 23.1 Å². The highest BCUT2D eigenvalue weighted by Gasteiger charge is 2.32. The molecular formula is C19H19FN4O3. The van der Waals surface area contributed by atoms with Gasteiger partial charge in [-0.05, 0) is 37.5 Å². The minimum atomic E-state index is -0.429. The summed E-state index contributed by atoms with van der Waals surface area (Å²) in [5, 5.41) is 11.6. The third-order valence-electron chi connectivity index (χ3n) is 5.42. The van der Waals surface area contributed by atoms with Crippen molar-refractivity contribution in [2.75, 3.05) is 24.5 Å². The first kappa shape index (κ1) is 17.3. The minimum Gasteiger partial charge on any atom is -0.381 e. The molecule has 0 aliphatic carbocycles. The number of hydrogen-bond acceptors (Lipinski definition) is 5. The first-order valence-electron chi connectivity index (χ1n) is 8.99. The molecule has 2 aliphatic heterocycles. The number of nitrogens with zero attached hydrogens (tertiary/aromatic N) is 3. The number of fused-ring (bicyclic) bond motifs is 1. The fourth-order valence-corrected chi connectivity index (χ4v) is 3.92. The van der Waals surface area contributed by atoms with Crippen molar-refractivity contribution < 1.29 is 13.7 Å². The highest BCUT2D eigenvalue weighted by Crippen LogP contribution is 2.28. The number of nitrogens with one attached hydrogen (secondary N) is 1. The molecule has 4 rings (SSSR count). The molecule has 2 aliphatic rings. The highest BCUT2D eigenvalue weighted by molar-refractivity contribution is 5.79. The summed E-state index contributed by atoms with van der Waals surface area (Å²) >= 11 is 0. The standard InChI is InChI=1S/C19H19FN4O3/c20-14-1-2-16(13(9-14)10-21)23-6-3-12(4-7-23)19(26)24-8-5-15-17(11-24)27-22-18(15)25/h1-2,9,12H,3-8,11H2,(H,22,25). The van der Waals surface area contributed by atoms with E-state index in [4.69, 9.17) is 4.52 Å². The second-order valence-electron chi connectivity index (χ2n) is 6.98. The van der Waals surface area contributed by atoms with Crippen LogP contribution < -0.4 is 10.5 Å². The minimum absolute atomic E-state index is 0.0729. The zero-order valence-electron chi connectivity index (χ0n) is 14.7. The van der Waals surface area contributed by atoms with E-state index in [9.17, 15) is 19.2 Å². The lowest BCUT2D eigenvalue weighted by atomic mass is 9.93. The number of carbonyl (C=O) groups excluding carboxylic acids is 1. The van der Waals surface area contributed by atoms with Gasteiger partial charge in [-0.15, -0.1) is 0 Å². The largest absolute Gasteiger partial charge is 0.381 e. The number of aromatic nitrogens is 1. The first-order valence-corrected chi connectivity index (χ1v) is 8.99. The fourth-order valence-electron chi connectivity index (χ4n) is 3.92. The van der Waals surface area contributed by atoms with Crippen molar-refractivity contribution in [2.24, 2.45) is 5.92 Å². The van der Waals surface area contributed by atoms with E-state index in [1.165, 1.54) is 12.1 Å². The molecule has 0 unspecified atom stereocenters. The Morgan fingerprint density at radius 3 is 2.81 bits per heavy atom. The van der Waals surface area contributed by atoms with E-state index in [0.29, 0.717) is 68.0 Å². The van der Waals surface area contributed by atoms with Gasteiger partial charge in [0.2, 0.25) is 5.91 Å². The van der Waals surface area contributed by atoms with Crippen LogP contribution in [-0.2, 0) is 17.8 Å². The van der Waals surface area contributed by atoms with Crippen LogP contribution in [0.15, 0.2) is 27.5 Å². The summed E-state index contributed by atoms with van der Waals surface area (Å²) < 4.78 is 18.5. The third kappa shape index (κ3) is 3.21. The summed E-state index contributed by atoms with van der Waals surface area (Å²) in [6.07, 6.45) is 1.84. The van der Waals surface area contributed by atoms with E-state index >= 15 is 0 Å². The van der Waals surface area contributed by atoms with Crippen molar-refractivity contribution in [1.29, 1.82) is 5.26 Å². The van der Waals surface area contributed by atoms with Crippen LogP contribution in [0.3, 0.4) is 0 Å². The Hall–Kier alpha value is -3.08. The zero-order chi connectivity index (χ0) is 19.0. The predicted octanol–water partition coefficient (Wildman–Crippen LogP) is 1.78. The van der Waals surface area contributed by atoms with Crippen molar-refractivity contribution >= 4 is 11.6 Å². The molecule has 1 N–H and O–H groups in total. The van der Waals surface area contributed by atoms with Crippen molar-refractivity contribution in [3.8, 4) is 6.07 Å². The van der Waals surface area contributed by atoms with Gasteiger partial charge in [0.1, 0.15) is 11.9 Å². The predicted molar refractivity (Wildman–Crippen MR) is 94.5 cm³/mol. The van der Waals surface area contributed by atoms with Crippen molar-refractivity contribution in [3.63, 3.8) is 0 Å². The van der Waals surface area contributed by atoms with E-state index < -0.39 is 5.82 Å². The summed E-state index contributed by atoms with van der Waals surface area (Å²) in [6.45, 7) is 2.11. The lowest BCUT2D eigenvalue weighted by Crippen LogP contribution is -2.44. The number of halogens is 1. The molecule has 7 nitrogen and oxygen atoms in total. The normalized spacial score (nSPS) is 17.5. The average Bonchev–Trinajstić information content (AvgIpc) is 3.07. The van der Waals surface area contributed by atoms with Gasteiger partial charge in [-0.1, -0.05) is 0 Å². The lowest BCUT2D eigenvalue weighted by Gasteiger charge is -2.36. The molecule has 27 heavy (non-hydrogen) atoms. The number of amides is 1. The van der Waals surface area contributed by atoms with Crippen LogP contribution in [0.1, 0.15) is 29.7 Å². The van der Waals surface area contributed by atoms with E-state index in [2.05, 4.69) is 5.16 Å². The maximum Gasteiger partial charge on any atom is 0.283 e. The Morgan fingerprint density at radius 1 is 1.30 bits per heavy atom. The van der Waals surface area contributed by atoms with Gasteiger partial charge in [0.15, 0.2) is 5.76 Å². The van der Waals surface area contributed by atoms with Gasteiger partial charge in [0, 0.05) is 25.6 Å². The number of H-pyrrole nitrogens is 1. The summed E-state index contributed by atoms with van der Waals surface area (Å²) in [7, 11) is 0. The molecule has 2 aromatic rings. The SMILES string of the molecule is N#Cc1cc(F)ccc1N1CCC(C(=O)N2CCc3c(o[nH]c3=O)C2)CC1. The summed E-state index contributed by atoms with van der Waals surface area (Å²) in [4.78, 5) is 28.2. The lowest BCUT2D eigenvalue weighted by molar-refractivity contribution is -0.137. The second kappa shape index (κ2) is 6.91. The van der Waals surface area contributed by atoms with Crippen LogP contribution in [0.2, 0.25) is 0 Å². The molecule has 3 heterocycles. The Bertz CT molecular complexity index is 966. The van der Waals surface area contributed by atoms with Crippen LogP contribution in [-0.4, -0.2) is 35.6 Å². The van der Waals surface area contributed by atoms with Gasteiger partial charge in [-0.25, -0.2) is 4.39 Å². The smallest absolute Gasteiger partial charge is 0.283 e. The number of carbonyl (C=O) groups is 1. The summed E-state index contributed by atoms with van der Waals surface area (Å²) in [5.74, 6) is 0.0893. The molecule has 1 aromatic heterocycles. The van der Waals surface area contributed by atoms with Crippen LogP contribution >= 0.6 is 0 Å². The Morgan fingerprint density at radius 2 is 2.07 bits per heavy atom. The molecule has 0 bridgehead atoms. The van der Waals surface area contributed by atoms with Gasteiger partial charge < -0.3 is 14.3 Å². The van der Waals surface area contributed by atoms with Crippen LogP contribution in [0.4, 0.5) is 10.1 Å². The van der Waals surface area contributed by atoms with Gasteiger partial charge >= 0.3 is 0 Å². The third-order valence-corrected chi connectivity index (χ3v) is 5.42. The highest BCUT2D eigenvalue weighted by atomic mass is 19.1. The van der Waals surface area contributed by atoms with Gasteiger partial charge in [-0.2, -0.15) is 10.4 Å². The number of piperidine rings is 1. The molecule has 0 spiro atoms. The van der Waals surface area contributed by atoms with E-state index in [-0.39, 0.29) is 17.4 Å². The number of nitriles is 1. The first-order chi connectivity index (χ1) is 13.1. The topological polar surface area (TPSA) is 93.3 Å².